The molecule has 0 nitrogen and oxygen atoms in total. The molecule has 0 unspecified atom stereocenters. The van der Waals surface area contributed by atoms with Crippen LogP contribution >= 0.6 is 0 Å². The molecule has 0 atom stereocenters. The van der Waals surface area contributed by atoms with Crippen LogP contribution < -0.4 is 0 Å². The molecule has 0 radical (unpaired) electrons. The molecule has 0 aromatic carbocycles. The Hall–Kier alpha value is -0.130. The van der Waals surface area contributed by atoms with Crippen molar-refractivity contribution in [1.82, 2.24) is 0 Å². The van der Waals surface area contributed by atoms with Crippen molar-refractivity contribution < 1.29 is 0 Å². The SMILES string of the molecule is C=C(CBC)CBC. The van der Waals surface area contributed by atoms with Crippen LogP contribution in [-0.4, -0.2) is 14.6 Å². The summed E-state index contributed by atoms with van der Waals surface area (Å²) in [6, 6.07) is 0. The van der Waals surface area contributed by atoms with Crippen LogP contribution in [0.25, 0.3) is 0 Å². The van der Waals surface area contributed by atoms with Gasteiger partial charge in [0.25, 0.3) is 0 Å². The van der Waals surface area contributed by atoms with Crippen LogP contribution in [0.4, 0.5) is 0 Å². The average Bonchev–Trinajstić information content (AvgIpc) is 1.68. The minimum atomic E-state index is 1.22. The molecular weight excluding hydrogens is 93.7 g/mol. The molecule has 0 aliphatic rings. The van der Waals surface area contributed by atoms with E-state index in [1.165, 1.54) is 32.8 Å². The van der Waals surface area contributed by atoms with Crippen molar-refractivity contribution in [3.8, 4) is 0 Å². The lowest BCUT2D eigenvalue weighted by atomic mass is 9.67. The topological polar surface area (TPSA) is 0 Å². The van der Waals surface area contributed by atoms with Crippen LogP contribution in [0, 0.1) is 0 Å². The van der Waals surface area contributed by atoms with E-state index < -0.39 is 0 Å². The fraction of sp³-hybridized carbons (Fsp3) is 0.667. The lowest BCUT2D eigenvalue weighted by molar-refractivity contribution is 1.37. The summed E-state index contributed by atoms with van der Waals surface area (Å²) in [6.45, 7) is 8.32. The first kappa shape index (κ1) is 7.87. The first-order valence-electron chi connectivity index (χ1n) is 3.47. The van der Waals surface area contributed by atoms with Gasteiger partial charge in [-0.3, -0.25) is 0 Å². The number of allylic oxidation sites excluding steroid dienone is 1. The van der Waals surface area contributed by atoms with E-state index in [1.54, 1.807) is 0 Å². The van der Waals surface area contributed by atoms with Crippen LogP contribution in [0.2, 0.25) is 26.3 Å². The second kappa shape index (κ2) is 5.02. The molecule has 0 saturated heterocycles. The normalized spacial score (nSPS) is 8.25. The molecule has 0 heterocycles. The van der Waals surface area contributed by atoms with E-state index in [0.717, 1.165) is 0 Å². The zero-order valence-electron chi connectivity index (χ0n) is 6.04. The van der Waals surface area contributed by atoms with Gasteiger partial charge in [0.15, 0.2) is 0 Å². The Morgan fingerprint density at radius 3 is 1.88 bits per heavy atom. The van der Waals surface area contributed by atoms with Gasteiger partial charge in [0, 0.05) is 0 Å². The maximum Gasteiger partial charge on any atom is 0.122 e. The van der Waals surface area contributed by atoms with E-state index in [9.17, 15) is 0 Å². The van der Waals surface area contributed by atoms with E-state index in [-0.39, 0.29) is 0 Å². The minimum Gasteiger partial charge on any atom is -0.101 e. The standard InChI is InChI=1S/C6H14B2/c1-6(4-7-2)5-8-3/h7-8H,1,4-5H2,2-3H3. The monoisotopic (exact) mass is 108 g/mol. The molecule has 0 aromatic rings. The summed E-state index contributed by atoms with van der Waals surface area (Å²) >= 11 is 0. The molecule has 0 aromatic heterocycles. The van der Waals surface area contributed by atoms with Crippen LogP contribution in [0.5, 0.6) is 0 Å². The molecule has 0 amide bonds. The molecule has 8 heavy (non-hydrogen) atoms. The number of hydrogen-bond donors (Lipinski definition) is 0. The van der Waals surface area contributed by atoms with Gasteiger partial charge < -0.3 is 0 Å². The van der Waals surface area contributed by atoms with Gasteiger partial charge in [0.05, 0.1) is 0 Å². The maximum atomic E-state index is 3.93. The fourth-order valence-electron chi connectivity index (χ4n) is 0.832. The summed E-state index contributed by atoms with van der Waals surface area (Å²) in [5.41, 5.74) is 1.41. The van der Waals surface area contributed by atoms with Crippen LogP contribution in [0.1, 0.15) is 0 Å². The van der Waals surface area contributed by atoms with Crippen LogP contribution in [-0.2, 0) is 0 Å². The van der Waals surface area contributed by atoms with Crippen LogP contribution in [0.3, 0.4) is 0 Å². The third-order valence-corrected chi connectivity index (χ3v) is 1.21. The molecule has 2 heteroatoms. The van der Waals surface area contributed by atoms with E-state index in [1.807, 2.05) is 0 Å². The van der Waals surface area contributed by atoms with Gasteiger partial charge in [-0.2, -0.15) is 0 Å². The molecule has 44 valence electrons. The number of rotatable bonds is 4. The summed E-state index contributed by atoms with van der Waals surface area (Å²) in [4.78, 5) is 0. The van der Waals surface area contributed by atoms with Crippen molar-refractivity contribution in [2.45, 2.75) is 26.3 Å². The van der Waals surface area contributed by atoms with Crippen molar-refractivity contribution in [1.29, 1.82) is 0 Å². The molecule has 0 N–H and O–H groups in total. The van der Waals surface area contributed by atoms with Crippen molar-refractivity contribution in [3.05, 3.63) is 12.2 Å². The molecular formula is C6H14B2. The molecule has 0 bridgehead atoms. The lowest BCUT2D eigenvalue weighted by Gasteiger charge is -1.96. The highest BCUT2D eigenvalue weighted by Crippen LogP contribution is 2.02. The van der Waals surface area contributed by atoms with Crippen molar-refractivity contribution in [3.63, 3.8) is 0 Å². The third-order valence-electron chi connectivity index (χ3n) is 1.21. The smallest absolute Gasteiger partial charge is 0.101 e. The summed E-state index contributed by atoms with van der Waals surface area (Å²) in [6.07, 6.45) is 2.43. The molecule has 0 rings (SSSR count). The van der Waals surface area contributed by atoms with E-state index in [0.29, 0.717) is 0 Å². The van der Waals surface area contributed by atoms with E-state index in [2.05, 4.69) is 20.2 Å². The van der Waals surface area contributed by atoms with Gasteiger partial charge in [-0.1, -0.05) is 31.9 Å². The highest BCUT2D eigenvalue weighted by atomic mass is 13.8. The zero-order valence-corrected chi connectivity index (χ0v) is 6.04. The van der Waals surface area contributed by atoms with Crippen molar-refractivity contribution >= 4 is 14.6 Å². The first-order valence-corrected chi connectivity index (χ1v) is 3.47. The van der Waals surface area contributed by atoms with Gasteiger partial charge in [-0.05, 0) is 0 Å². The van der Waals surface area contributed by atoms with Gasteiger partial charge in [-0.25, -0.2) is 0 Å². The Kier molecular flexibility index (Phi) is 4.93. The van der Waals surface area contributed by atoms with E-state index in [4.69, 9.17) is 0 Å². The Morgan fingerprint density at radius 1 is 1.25 bits per heavy atom. The Labute approximate surface area is 53.8 Å². The van der Waals surface area contributed by atoms with Gasteiger partial charge in [0.2, 0.25) is 0 Å². The second-order valence-electron chi connectivity index (χ2n) is 2.25. The molecule has 0 aliphatic heterocycles. The average molecular weight is 108 g/mol. The summed E-state index contributed by atoms with van der Waals surface area (Å²) in [5, 5.41) is 0. The zero-order chi connectivity index (χ0) is 6.41. The Bertz CT molecular complexity index is 60.9. The molecule has 0 spiro atoms. The van der Waals surface area contributed by atoms with E-state index >= 15 is 0 Å². The summed E-state index contributed by atoms with van der Waals surface area (Å²) in [5.74, 6) is 0. The molecule has 0 saturated carbocycles. The highest BCUT2D eigenvalue weighted by Gasteiger charge is 1.89. The Balaban J connectivity index is 3.06. The van der Waals surface area contributed by atoms with Gasteiger partial charge in [0.1, 0.15) is 14.6 Å². The quantitative estimate of drug-likeness (QED) is 0.376. The lowest BCUT2D eigenvalue weighted by Crippen LogP contribution is -1.88. The van der Waals surface area contributed by atoms with Crippen molar-refractivity contribution in [2.24, 2.45) is 0 Å². The first-order chi connectivity index (χ1) is 3.81. The highest BCUT2D eigenvalue weighted by molar-refractivity contribution is 6.37. The van der Waals surface area contributed by atoms with Gasteiger partial charge >= 0.3 is 0 Å². The summed E-state index contributed by atoms with van der Waals surface area (Å²) in [7, 11) is 2.50. The maximum absolute atomic E-state index is 3.93. The molecule has 0 fully saturated rings. The third kappa shape index (κ3) is 4.04. The van der Waals surface area contributed by atoms with Crippen LogP contribution in [0.15, 0.2) is 12.2 Å². The molecule has 0 aliphatic carbocycles. The van der Waals surface area contributed by atoms with Crippen molar-refractivity contribution in [2.75, 3.05) is 0 Å². The predicted molar refractivity (Wildman–Crippen MR) is 44.8 cm³/mol. The minimum absolute atomic E-state index is 1.22. The Morgan fingerprint density at radius 2 is 1.62 bits per heavy atom. The predicted octanol–water partition coefficient (Wildman–Crippen LogP) is 1.35. The largest absolute Gasteiger partial charge is 0.122 e. The fourth-order valence-corrected chi connectivity index (χ4v) is 0.832. The summed E-state index contributed by atoms with van der Waals surface area (Å²) < 4.78 is 0. The second-order valence-corrected chi connectivity index (χ2v) is 2.25. The van der Waals surface area contributed by atoms with Gasteiger partial charge in [-0.15, -0.1) is 6.58 Å². The number of hydrogen-bond acceptors (Lipinski definition) is 0.